The molecule has 0 fully saturated rings. The maximum Gasteiger partial charge on any atom is 0.275 e. The molecule has 0 amide bonds. The quantitative estimate of drug-likeness (QED) is 0.901. The summed E-state index contributed by atoms with van der Waals surface area (Å²) in [6, 6.07) is 5.94. The van der Waals surface area contributed by atoms with E-state index in [0.717, 1.165) is 28.8 Å². The van der Waals surface area contributed by atoms with E-state index in [9.17, 15) is 4.79 Å². The molecule has 0 bridgehead atoms. The molecule has 2 aromatic rings. The molecule has 1 heterocycles. The van der Waals surface area contributed by atoms with Crippen LogP contribution in [0.2, 0.25) is 0 Å². The predicted octanol–water partition coefficient (Wildman–Crippen LogP) is 3.24. The Labute approximate surface area is 118 Å². The van der Waals surface area contributed by atoms with Crippen molar-refractivity contribution in [1.29, 1.82) is 0 Å². The zero-order valence-electron chi connectivity index (χ0n) is 12.3. The highest BCUT2D eigenvalue weighted by Gasteiger charge is 2.14. The third-order valence-corrected chi connectivity index (χ3v) is 3.29. The van der Waals surface area contributed by atoms with Gasteiger partial charge in [-0.2, -0.15) is 0 Å². The Morgan fingerprint density at radius 1 is 1.15 bits per heavy atom. The molecule has 0 aliphatic rings. The SMILES string of the molecule is CCc1c(C)[nH]c(=O)c(N)c1Oc1cc(C)cc(C)c1. The van der Waals surface area contributed by atoms with Crippen LogP contribution in [0.15, 0.2) is 23.0 Å². The summed E-state index contributed by atoms with van der Waals surface area (Å²) in [4.78, 5) is 14.5. The van der Waals surface area contributed by atoms with E-state index in [2.05, 4.69) is 11.1 Å². The van der Waals surface area contributed by atoms with Crippen molar-refractivity contribution >= 4 is 5.69 Å². The number of hydrogen-bond acceptors (Lipinski definition) is 3. The summed E-state index contributed by atoms with van der Waals surface area (Å²) in [5, 5.41) is 0. The summed E-state index contributed by atoms with van der Waals surface area (Å²) in [5.74, 6) is 1.17. The Bertz CT molecular complexity index is 682. The van der Waals surface area contributed by atoms with Crippen molar-refractivity contribution < 1.29 is 4.74 Å². The van der Waals surface area contributed by atoms with Gasteiger partial charge in [-0.15, -0.1) is 0 Å². The number of anilines is 1. The van der Waals surface area contributed by atoms with Crippen LogP contribution in [0.3, 0.4) is 0 Å². The van der Waals surface area contributed by atoms with Crippen LogP contribution in [-0.4, -0.2) is 4.98 Å². The number of nitrogen functional groups attached to an aromatic ring is 1. The van der Waals surface area contributed by atoms with E-state index in [1.807, 2.05) is 39.8 Å². The minimum atomic E-state index is -0.306. The number of nitrogens with two attached hydrogens (primary N) is 1. The molecule has 0 radical (unpaired) electrons. The highest BCUT2D eigenvalue weighted by Crippen LogP contribution is 2.31. The van der Waals surface area contributed by atoms with Crippen LogP contribution in [0, 0.1) is 20.8 Å². The van der Waals surface area contributed by atoms with Gasteiger partial charge in [-0.05, 0) is 50.5 Å². The second-order valence-corrected chi connectivity index (χ2v) is 5.08. The second kappa shape index (κ2) is 5.41. The molecule has 0 aliphatic carbocycles. The van der Waals surface area contributed by atoms with E-state index in [0.29, 0.717) is 11.5 Å². The molecular formula is C16H20N2O2. The average Bonchev–Trinajstić information content (AvgIpc) is 2.34. The van der Waals surface area contributed by atoms with Gasteiger partial charge in [0.25, 0.3) is 5.56 Å². The van der Waals surface area contributed by atoms with Crippen molar-refractivity contribution in [2.75, 3.05) is 5.73 Å². The zero-order chi connectivity index (χ0) is 14.9. The molecule has 3 N–H and O–H groups in total. The molecule has 4 heteroatoms. The van der Waals surface area contributed by atoms with Gasteiger partial charge in [0.15, 0.2) is 5.75 Å². The van der Waals surface area contributed by atoms with Crippen LogP contribution < -0.4 is 16.0 Å². The van der Waals surface area contributed by atoms with Gasteiger partial charge in [0.2, 0.25) is 0 Å². The number of aryl methyl sites for hydroxylation is 3. The van der Waals surface area contributed by atoms with Crippen molar-refractivity contribution in [2.24, 2.45) is 0 Å². The topological polar surface area (TPSA) is 68.1 Å². The summed E-state index contributed by atoms with van der Waals surface area (Å²) in [5.41, 5.74) is 9.66. The van der Waals surface area contributed by atoms with Crippen molar-refractivity contribution in [3.8, 4) is 11.5 Å². The number of hydrogen-bond donors (Lipinski definition) is 2. The molecule has 0 saturated carbocycles. The van der Waals surface area contributed by atoms with Crippen molar-refractivity contribution in [2.45, 2.75) is 34.1 Å². The van der Waals surface area contributed by atoms with Gasteiger partial charge in [0.1, 0.15) is 11.4 Å². The predicted molar refractivity (Wildman–Crippen MR) is 81.6 cm³/mol. The summed E-state index contributed by atoms with van der Waals surface area (Å²) < 4.78 is 5.91. The van der Waals surface area contributed by atoms with E-state index >= 15 is 0 Å². The van der Waals surface area contributed by atoms with E-state index in [1.165, 1.54) is 0 Å². The minimum Gasteiger partial charge on any atom is -0.455 e. The monoisotopic (exact) mass is 272 g/mol. The fourth-order valence-corrected chi connectivity index (χ4v) is 2.40. The third kappa shape index (κ3) is 2.69. The normalized spacial score (nSPS) is 10.6. The fraction of sp³-hybridized carbons (Fsp3) is 0.312. The molecule has 2 rings (SSSR count). The summed E-state index contributed by atoms with van der Waals surface area (Å²) in [6.07, 6.45) is 0.743. The first-order valence-electron chi connectivity index (χ1n) is 6.69. The lowest BCUT2D eigenvalue weighted by atomic mass is 10.1. The van der Waals surface area contributed by atoms with Gasteiger partial charge in [0, 0.05) is 11.3 Å². The van der Waals surface area contributed by atoms with Crippen LogP contribution in [-0.2, 0) is 6.42 Å². The molecule has 0 spiro atoms. The Hall–Kier alpha value is -2.23. The zero-order valence-corrected chi connectivity index (χ0v) is 12.3. The van der Waals surface area contributed by atoms with Gasteiger partial charge in [0.05, 0.1) is 0 Å². The van der Waals surface area contributed by atoms with Crippen LogP contribution in [0.5, 0.6) is 11.5 Å². The lowest BCUT2D eigenvalue weighted by molar-refractivity contribution is 0.476. The number of H-pyrrole nitrogens is 1. The second-order valence-electron chi connectivity index (χ2n) is 5.08. The maximum absolute atomic E-state index is 11.8. The maximum atomic E-state index is 11.8. The van der Waals surface area contributed by atoms with Crippen LogP contribution in [0.1, 0.15) is 29.3 Å². The van der Waals surface area contributed by atoms with Gasteiger partial charge in [-0.3, -0.25) is 4.79 Å². The van der Waals surface area contributed by atoms with Gasteiger partial charge in [-0.25, -0.2) is 0 Å². The van der Waals surface area contributed by atoms with Crippen LogP contribution >= 0.6 is 0 Å². The van der Waals surface area contributed by atoms with E-state index in [4.69, 9.17) is 10.5 Å². The molecule has 0 saturated heterocycles. The van der Waals surface area contributed by atoms with Crippen molar-refractivity contribution in [3.63, 3.8) is 0 Å². The smallest absolute Gasteiger partial charge is 0.275 e. The van der Waals surface area contributed by atoms with Gasteiger partial charge < -0.3 is 15.5 Å². The molecule has 106 valence electrons. The Morgan fingerprint density at radius 2 is 1.75 bits per heavy atom. The number of rotatable bonds is 3. The molecule has 0 unspecified atom stereocenters. The number of ether oxygens (including phenoxy) is 1. The Balaban J connectivity index is 2.55. The van der Waals surface area contributed by atoms with Gasteiger partial charge in [-0.1, -0.05) is 13.0 Å². The first kappa shape index (κ1) is 14.2. The lowest BCUT2D eigenvalue weighted by Crippen LogP contribution is -2.16. The van der Waals surface area contributed by atoms with Crippen molar-refractivity contribution in [3.05, 3.63) is 50.9 Å². The lowest BCUT2D eigenvalue weighted by Gasteiger charge is -2.15. The Morgan fingerprint density at radius 3 is 2.30 bits per heavy atom. The Kier molecular flexibility index (Phi) is 3.84. The minimum absolute atomic E-state index is 0.131. The molecule has 4 nitrogen and oxygen atoms in total. The first-order valence-corrected chi connectivity index (χ1v) is 6.69. The summed E-state index contributed by atoms with van der Waals surface area (Å²) >= 11 is 0. The van der Waals surface area contributed by atoms with E-state index in [-0.39, 0.29) is 11.2 Å². The van der Waals surface area contributed by atoms with Crippen LogP contribution in [0.25, 0.3) is 0 Å². The molecular weight excluding hydrogens is 252 g/mol. The largest absolute Gasteiger partial charge is 0.455 e. The molecule has 0 aliphatic heterocycles. The number of nitrogens with one attached hydrogen (secondary N) is 1. The van der Waals surface area contributed by atoms with Crippen LogP contribution in [0.4, 0.5) is 5.69 Å². The third-order valence-electron chi connectivity index (χ3n) is 3.29. The highest BCUT2D eigenvalue weighted by molar-refractivity contribution is 5.58. The van der Waals surface area contributed by atoms with Crippen molar-refractivity contribution in [1.82, 2.24) is 4.98 Å². The number of aromatic amines is 1. The summed E-state index contributed by atoms with van der Waals surface area (Å²) in [6.45, 7) is 7.88. The molecule has 1 aromatic heterocycles. The first-order chi connectivity index (χ1) is 9.42. The van der Waals surface area contributed by atoms with E-state index in [1.54, 1.807) is 0 Å². The standard InChI is InChI=1S/C16H20N2O2/c1-5-13-11(4)18-16(19)14(17)15(13)20-12-7-9(2)6-10(3)8-12/h6-8H,5,17H2,1-4H3,(H,18,19). The molecule has 0 atom stereocenters. The highest BCUT2D eigenvalue weighted by atomic mass is 16.5. The molecule has 1 aromatic carbocycles. The number of aromatic nitrogens is 1. The average molecular weight is 272 g/mol. The number of pyridine rings is 1. The fourth-order valence-electron chi connectivity index (χ4n) is 2.40. The number of benzene rings is 1. The van der Waals surface area contributed by atoms with E-state index < -0.39 is 0 Å². The molecule has 20 heavy (non-hydrogen) atoms. The van der Waals surface area contributed by atoms with Gasteiger partial charge >= 0.3 is 0 Å². The summed E-state index contributed by atoms with van der Waals surface area (Å²) in [7, 11) is 0.